The molecule has 1 fully saturated rings. The number of nitrogens with zero attached hydrogens (tertiary/aromatic N) is 1. The molecule has 1 N–H and O–H groups in total. The summed E-state index contributed by atoms with van der Waals surface area (Å²) in [5.74, 6) is 0.457. The Morgan fingerprint density at radius 3 is 3.05 bits per heavy atom. The van der Waals surface area contributed by atoms with Crippen LogP contribution in [0, 0.1) is 5.92 Å². The second-order valence-corrected chi connectivity index (χ2v) is 6.44. The van der Waals surface area contributed by atoms with E-state index in [9.17, 15) is 4.79 Å². The fourth-order valence-electron chi connectivity index (χ4n) is 2.04. The maximum absolute atomic E-state index is 12.1. The SMILES string of the molecule is CCN(Cc1ccc(Cl)s1)C(=O)NCC1CCOC1. The zero-order valence-electron chi connectivity index (χ0n) is 11.0. The van der Waals surface area contributed by atoms with Crippen LogP contribution >= 0.6 is 22.9 Å². The van der Waals surface area contributed by atoms with Gasteiger partial charge in [0, 0.05) is 30.5 Å². The van der Waals surface area contributed by atoms with Gasteiger partial charge in [-0.25, -0.2) is 4.79 Å². The predicted molar refractivity (Wildman–Crippen MR) is 77.7 cm³/mol. The molecule has 1 unspecified atom stereocenters. The lowest BCUT2D eigenvalue weighted by Crippen LogP contribution is -2.41. The van der Waals surface area contributed by atoms with E-state index in [4.69, 9.17) is 16.3 Å². The van der Waals surface area contributed by atoms with E-state index in [0.717, 1.165) is 28.8 Å². The highest BCUT2D eigenvalue weighted by atomic mass is 35.5. The molecule has 0 aromatic carbocycles. The minimum Gasteiger partial charge on any atom is -0.381 e. The highest BCUT2D eigenvalue weighted by Gasteiger charge is 2.18. The van der Waals surface area contributed by atoms with Crippen LogP contribution in [0.15, 0.2) is 12.1 Å². The lowest BCUT2D eigenvalue weighted by atomic mass is 10.1. The first-order valence-corrected chi connectivity index (χ1v) is 7.73. The zero-order valence-corrected chi connectivity index (χ0v) is 12.6. The van der Waals surface area contributed by atoms with Crippen molar-refractivity contribution in [2.24, 2.45) is 5.92 Å². The van der Waals surface area contributed by atoms with Crippen molar-refractivity contribution in [1.29, 1.82) is 0 Å². The van der Waals surface area contributed by atoms with E-state index in [1.807, 2.05) is 19.1 Å². The smallest absolute Gasteiger partial charge is 0.317 e. The van der Waals surface area contributed by atoms with Gasteiger partial charge in [0.2, 0.25) is 0 Å². The Hall–Kier alpha value is -0.780. The van der Waals surface area contributed by atoms with Crippen LogP contribution in [0.2, 0.25) is 4.34 Å². The average Bonchev–Trinajstić information content (AvgIpc) is 3.04. The molecule has 0 aliphatic carbocycles. The Bertz CT molecular complexity index is 419. The van der Waals surface area contributed by atoms with Crippen LogP contribution in [-0.2, 0) is 11.3 Å². The van der Waals surface area contributed by atoms with Crippen molar-refractivity contribution < 1.29 is 9.53 Å². The third-order valence-corrected chi connectivity index (χ3v) is 4.43. The molecule has 0 radical (unpaired) electrons. The lowest BCUT2D eigenvalue weighted by molar-refractivity contribution is 0.180. The van der Waals surface area contributed by atoms with Crippen LogP contribution in [0.3, 0.4) is 0 Å². The van der Waals surface area contributed by atoms with Gasteiger partial charge in [0.15, 0.2) is 0 Å². The second kappa shape index (κ2) is 7.12. The van der Waals surface area contributed by atoms with Crippen LogP contribution in [0.25, 0.3) is 0 Å². The number of nitrogens with one attached hydrogen (secondary N) is 1. The van der Waals surface area contributed by atoms with Crippen LogP contribution in [-0.4, -0.2) is 37.2 Å². The summed E-state index contributed by atoms with van der Waals surface area (Å²) in [6, 6.07) is 3.82. The van der Waals surface area contributed by atoms with Gasteiger partial charge in [0.05, 0.1) is 17.5 Å². The molecular weight excluding hydrogens is 284 g/mol. The van der Waals surface area contributed by atoms with Gasteiger partial charge >= 0.3 is 6.03 Å². The molecule has 2 heterocycles. The highest BCUT2D eigenvalue weighted by Crippen LogP contribution is 2.22. The molecule has 0 bridgehead atoms. The molecule has 1 aromatic rings. The van der Waals surface area contributed by atoms with Gasteiger partial charge in [-0.05, 0) is 25.5 Å². The summed E-state index contributed by atoms with van der Waals surface area (Å²) in [6.45, 7) is 5.54. The van der Waals surface area contributed by atoms with Gasteiger partial charge in [0.25, 0.3) is 0 Å². The predicted octanol–water partition coefficient (Wildman–Crippen LogP) is 2.97. The Morgan fingerprint density at radius 2 is 2.47 bits per heavy atom. The Labute approximate surface area is 122 Å². The van der Waals surface area contributed by atoms with Crippen molar-refractivity contribution in [2.45, 2.75) is 19.9 Å². The number of carbonyl (C=O) groups excluding carboxylic acids is 1. The first-order valence-electron chi connectivity index (χ1n) is 6.53. The summed E-state index contributed by atoms with van der Waals surface area (Å²) in [5.41, 5.74) is 0. The van der Waals surface area contributed by atoms with Gasteiger partial charge in [-0.15, -0.1) is 11.3 Å². The van der Waals surface area contributed by atoms with Crippen LogP contribution in [0.5, 0.6) is 0 Å². The van der Waals surface area contributed by atoms with Gasteiger partial charge in [-0.2, -0.15) is 0 Å². The van der Waals surface area contributed by atoms with Crippen molar-refractivity contribution in [1.82, 2.24) is 10.2 Å². The van der Waals surface area contributed by atoms with E-state index in [1.165, 1.54) is 11.3 Å². The Kier molecular flexibility index (Phi) is 5.48. The number of thiophene rings is 1. The summed E-state index contributed by atoms with van der Waals surface area (Å²) >= 11 is 7.42. The van der Waals surface area contributed by atoms with Gasteiger partial charge in [0.1, 0.15) is 0 Å². The maximum Gasteiger partial charge on any atom is 0.317 e. The Morgan fingerprint density at radius 1 is 1.63 bits per heavy atom. The standard InChI is InChI=1S/C13H19ClN2O2S/c1-2-16(8-11-3-4-12(14)19-11)13(17)15-7-10-5-6-18-9-10/h3-4,10H,2,5-9H2,1H3,(H,15,17). The molecule has 1 aliphatic rings. The molecular formula is C13H19ClN2O2S. The molecule has 1 saturated heterocycles. The molecule has 4 nitrogen and oxygen atoms in total. The van der Waals surface area contributed by atoms with Crippen molar-refractivity contribution in [3.05, 3.63) is 21.3 Å². The molecule has 0 saturated carbocycles. The fourth-order valence-corrected chi connectivity index (χ4v) is 3.14. The maximum atomic E-state index is 12.1. The van der Waals surface area contributed by atoms with Crippen LogP contribution < -0.4 is 5.32 Å². The zero-order chi connectivity index (χ0) is 13.7. The molecule has 19 heavy (non-hydrogen) atoms. The third kappa shape index (κ3) is 4.37. The van der Waals surface area contributed by atoms with E-state index >= 15 is 0 Å². The van der Waals surface area contributed by atoms with E-state index in [-0.39, 0.29) is 6.03 Å². The summed E-state index contributed by atoms with van der Waals surface area (Å²) in [7, 11) is 0. The number of rotatable bonds is 5. The van der Waals surface area contributed by atoms with Gasteiger partial charge < -0.3 is 15.0 Å². The minimum absolute atomic E-state index is 0.0149. The molecule has 1 atom stereocenters. The van der Waals surface area contributed by atoms with E-state index in [1.54, 1.807) is 4.90 Å². The number of hydrogen-bond donors (Lipinski definition) is 1. The second-order valence-electron chi connectivity index (χ2n) is 4.64. The van der Waals surface area contributed by atoms with Gasteiger partial charge in [-0.1, -0.05) is 11.6 Å². The largest absolute Gasteiger partial charge is 0.381 e. The van der Waals surface area contributed by atoms with Gasteiger partial charge in [-0.3, -0.25) is 0 Å². The topological polar surface area (TPSA) is 41.6 Å². The monoisotopic (exact) mass is 302 g/mol. The van der Waals surface area contributed by atoms with Crippen molar-refractivity contribution in [2.75, 3.05) is 26.3 Å². The summed E-state index contributed by atoms with van der Waals surface area (Å²) in [4.78, 5) is 15.0. The molecule has 6 heteroatoms. The van der Waals surface area contributed by atoms with E-state index < -0.39 is 0 Å². The van der Waals surface area contributed by atoms with E-state index in [2.05, 4.69) is 5.32 Å². The lowest BCUT2D eigenvalue weighted by Gasteiger charge is -2.21. The quantitative estimate of drug-likeness (QED) is 0.908. The molecule has 1 aromatic heterocycles. The third-order valence-electron chi connectivity index (χ3n) is 3.21. The molecule has 2 rings (SSSR count). The van der Waals surface area contributed by atoms with Crippen LogP contribution in [0.1, 0.15) is 18.2 Å². The average molecular weight is 303 g/mol. The summed E-state index contributed by atoms with van der Waals surface area (Å²) < 4.78 is 6.06. The van der Waals surface area contributed by atoms with Crippen molar-refractivity contribution in [3.63, 3.8) is 0 Å². The molecule has 106 valence electrons. The molecule has 2 amide bonds. The Balaban J connectivity index is 1.80. The number of amides is 2. The number of hydrogen-bond acceptors (Lipinski definition) is 3. The first-order chi connectivity index (χ1) is 9.19. The van der Waals surface area contributed by atoms with Crippen molar-refractivity contribution >= 4 is 29.0 Å². The first kappa shape index (κ1) is 14.6. The number of ether oxygens (including phenoxy) is 1. The summed E-state index contributed by atoms with van der Waals surface area (Å²) in [5, 5.41) is 2.98. The number of halogens is 1. The number of carbonyl (C=O) groups is 1. The number of urea groups is 1. The minimum atomic E-state index is -0.0149. The van der Waals surface area contributed by atoms with Crippen molar-refractivity contribution in [3.8, 4) is 0 Å². The van der Waals surface area contributed by atoms with E-state index in [0.29, 0.717) is 25.6 Å². The molecule has 0 spiro atoms. The molecule has 1 aliphatic heterocycles. The fraction of sp³-hybridized carbons (Fsp3) is 0.615. The van der Waals surface area contributed by atoms with Crippen LogP contribution in [0.4, 0.5) is 4.79 Å². The highest BCUT2D eigenvalue weighted by molar-refractivity contribution is 7.16. The summed E-state index contributed by atoms with van der Waals surface area (Å²) in [6.07, 6.45) is 1.03. The normalized spacial score (nSPS) is 18.5.